The third-order valence-corrected chi connectivity index (χ3v) is 3.23. The molecule has 3 heteroatoms. The molecule has 90 valence electrons. The number of hydrogen-bond acceptors (Lipinski definition) is 2. The van der Waals surface area contributed by atoms with Gasteiger partial charge in [0.1, 0.15) is 5.60 Å². The lowest BCUT2D eigenvalue weighted by Gasteiger charge is -2.24. The van der Waals surface area contributed by atoms with Crippen LogP contribution in [0.5, 0.6) is 0 Å². The van der Waals surface area contributed by atoms with Gasteiger partial charge in [-0.05, 0) is 42.3 Å². The van der Waals surface area contributed by atoms with Crippen molar-refractivity contribution in [1.29, 1.82) is 5.26 Å². The van der Waals surface area contributed by atoms with Gasteiger partial charge in [-0.15, -0.1) is 0 Å². The molecule has 0 spiro atoms. The molecule has 0 amide bonds. The molecule has 2 aromatic carbocycles. The number of nitrogens with zero attached hydrogens (tertiary/aromatic N) is 1. The maximum Gasteiger partial charge on any atom is 0.112 e. The summed E-state index contributed by atoms with van der Waals surface area (Å²) in [6, 6.07) is 16.0. The fourth-order valence-electron chi connectivity index (χ4n) is 1.81. The minimum absolute atomic E-state index is 0.575. The van der Waals surface area contributed by atoms with Crippen LogP contribution in [0.2, 0.25) is 5.02 Å². The maximum atomic E-state index is 10.6. The monoisotopic (exact) mass is 257 g/mol. The zero-order chi connectivity index (χ0) is 13.2. The number of halogens is 1. The van der Waals surface area contributed by atoms with E-state index in [2.05, 4.69) is 6.07 Å². The second kappa shape index (κ2) is 4.81. The fourth-order valence-corrected chi connectivity index (χ4v) is 1.94. The topological polar surface area (TPSA) is 44.0 Å². The van der Waals surface area contributed by atoms with Crippen LogP contribution in [-0.4, -0.2) is 5.11 Å². The van der Waals surface area contributed by atoms with Crippen molar-refractivity contribution in [3.05, 3.63) is 70.2 Å². The second-order valence-corrected chi connectivity index (χ2v) is 4.70. The average Bonchev–Trinajstić information content (AvgIpc) is 2.39. The number of hydrogen-bond donors (Lipinski definition) is 1. The van der Waals surface area contributed by atoms with Gasteiger partial charge in [-0.3, -0.25) is 0 Å². The summed E-state index contributed by atoms with van der Waals surface area (Å²) in [5.41, 5.74) is 0.976. The maximum absolute atomic E-state index is 10.6. The Morgan fingerprint density at radius 3 is 1.89 bits per heavy atom. The van der Waals surface area contributed by atoms with Gasteiger partial charge in [-0.1, -0.05) is 35.9 Å². The summed E-state index contributed by atoms with van der Waals surface area (Å²) in [7, 11) is 0. The van der Waals surface area contributed by atoms with E-state index in [1.807, 2.05) is 0 Å². The van der Waals surface area contributed by atoms with Gasteiger partial charge < -0.3 is 5.11 Å². The highest BCUT2D eigenvalue weighted by Gasteiger charge is 2.25. The zero-order valence-corrected chi connectivity index (χ0v) is 10.6. The van der Waals surface area contributed by atoms with E-state index in [-0.39, 0.29) is 0 Å². The van der Waals surface area contributed by atoms with Crippen molar-refractivity contribution in [2.45, 2.75) is 12.5 Å². The van der Waals surface area contributed by atoms with E-state index in [0.29, 0.717) is 10.6 Å². The molecule has 0 saturated heterocycles. The average molecular weight is 258 g/mol. The highest BCUT2D eigenvalue weighted by Crippen LogP contribution is 2.29. The van der Waals surface area contributed by atoms with Gasteiger partial charge >= 0.3 is 0 Å². The molecule has 2 aromatic rings. The lowest BCUT2D eigenvalue weighted by atomic mass is 9.88. The first kappa shape index (κ1) is 12.6. The molecule has 1 atom stereocenters. The van der Waals surface area contributed by atoms with Gasteiger partial charge in [0.25, 0.3) is 0 Å². The Morgan fingerprint density at radius 1 is 1.00 bits per heavy atom. The van der Waals surface area contributed by atoms with Crippen LogP contribution < -0.4 is 0 Å². The van der Waals surface area contributed by atoms with Crippen molar-refractivity contribution >= 4 is 11.6 Å². The molecule has 0 saturated carbocycles. The lowest BCUT2D eigenvalue weighted by Crippen LogP contribution is -2.22. The van der Waals surface area contributed by atoms with E-state index in [9.17, 15) is 5.11 Å². The highest BCUT2D eigenvalue weighted by molar-refractivity contribution is 6.30. The molecule has 2 nitrogen and oxygen atoms in total. The molecule has 2 rings (SSSR count). The first-order valence-corrected chi connectivity index (χ1v) is 5.91. The molecular weight excluding hydrogens is 246 g/mol. The molecule has 0 aliphatic carbocycles. The third-order valence-electron chi connectivity index (χ3n) is 2.98. The SMILES string of the molecule is C[C@](O)(c1ccc(Cl)cc1)c1ccc(C#N)cc1. The summed E-state index contributed by atoms with van der Waals surface area (Å²) in [5, 5.41) is 20.0. The molecule has 0 radical (unpaired) electrons. The summed E-state index contributed by atoms with van der Waals surface area (Å²) in [6.45, 7) is 1.72. The quantitative estimate of drug-likeness (QED) is 0.895. The van der Waals surface area contributed by atoms with Gasteiger partial charge in [0, 0.05) is 5.02 Å². The Balaban J connectivity index is 2.40. The molecule has 0 unspecified atom stereocenters. The first-order chi connectivity index (χ1) is 8.54. The minimum Gasteiger partial charge on any atom is -0.381 e. The van der Waals surface area contributed by atoms with E-state index < -0.39 is 5.60 Å². The number of aliphatic hydroxyl groups is 1. The standard InChI is InChI=1S/C15H12ClNO/c1-15(18,13-6-8-14(16)9-7-13)12-4-2-11(10-17)3-5-12/h2-9,18H,1H3/t15-/m1/s1. The first-order valence-electron chi connectivity index (χ1n) is 5.53. The van der Waals surface area contributed by atoms with Crippen molar-refractivity contribution in [2.24, 2.45) is 0 Å². The Morgan fingerprint density at radius 2 is 1.44 bits per heavy atom. The van der Waals surface area contributed by atoms with E-state index in [0.717, 1.165) is 11.1 Å². The molecule has 18 heavy (non-hydrogen) atoms. The number of rotatable bonds is 2. The predicted molar refractivity (Wildman–Crippen MR) is 71.3 cm³/mol. The van der Waals surface area contributed by atoms with Crippen LogP contribution in [-0.2, 0) is 5.60 Å². The summed E-state index contributed by atoms with van der Waals surface area (Å²) in [4.78, 5) is 0. The van der Waals surface area contributed by atoms with E-state index in [1.165, 1.54) is 0 Å². The predicted octanol–water partition coefficient (Wildman–Crippen LogP) is 3.47. The van der Waals surface area contributed by atoms with Crippen molar-refractivity contribution in [2.75, 3.05) is 0 Å². The summed E-state index contributed by atoms with van der Waals surface area (Å²) in [5.74, 6) is 0. The Bertz CT molecular complexity index is 579. The molecule has 0 fully saturated rings. The van der Waals surface area contributed by atoms with E-state index in [4.69, 9.17) is 16.9 Å². The summed E-state index contributed by atoms with van der Waals surface area (Å²) < 4.78 is 0. The van der Waals surface area contributed by atoms with Gasteiger partial charge in [-0.25, -0.2) is 0 Å². The Kier molecular flexibility index (Phi) is 3.38. The van der Waals surface area contributed by atoms with Crippen molar-refractivity contribution in [1.82, 2.24) is 0 Å². The van der Waals surface area contributed by atoms with Crippen LogP contribution in [0.3, 0.4) is 0 Å². The molecule has 1 N–H and O–H groups in total. The Hall–Kier alpha value is -1.82. The number of nitriles is 1. The molecule has 0 heterocycles. The largest absolute Gasteiger partial charge is 0.381 e. The molecule has 0 bridgehead atoms. The van der Waals surface area contributed by atoms with Gasteiger partial charge in [0.2, 0.25) is 0 Å². The van der Waals surface area contributed by atoms with Crippen LogP contribution in [0.25, 0.3) is 0 Å². The number of benzene rings is 2. The van der Waals surface area contributed by atoms with E-state index in [1.54, 1.807) is 55.5 Å². The third kappa shape index (κ3) is 2.38. The smallest absolute Gasteiger partial charge is 0.112 e. The van der Waals surface area contributed by atoms with Crippen molar-refractivity contribution in [3.63, 3.8) is 0 Å². The highest BCUT2D eigenvalue weighted by atomic mass is 35.5. The van der Waals surface area contributed by atoms with Crippen LogP contribution in [0.1, 0.15) is 23.6 Å². The van der Waals surface area contributed by atoms with Crippen LogP contribution in [0.15, 0.2) is 48.5 Å². The summed E-state index contributed by atoms with van der Waals surface area (Å²) >= 11 is 5.83. The Labute approximate surface area is 111 Å². The van der Waals surface area contributed by atoms with E-state index >= 15 is 0 Å². The molecule has 0 aromatic heterocycles. The normalized spacial score (nSPS) is 13.7. The fraction of sp³-hybridized carbons (Fsp3) is 0.133. The summed E-state index contributed by atoms with van der Waals surface area (Å²) in [6.07, 6.45) is 0. The zero-order valence-electron chi connectivity index (χ0n) is 9.89. The lowest BCUT2D eigenvalue weighted by molar-refractivity contribution is 0.102. The van der Waals surface area contributed by atoms with Gasteiger partial charge in [-0.2, -0.15) is 5.26 Å². The minimum atomic E-state index is -1.10. The molecule has 0 aliphatic heterocycles. The van der Waals surface area contributed by atoms with Crippen LogP contribution in [0.4, 0.5) is 0 Å². The van der Waals surface area contributed by atoms with Crippen molar-refractivity contribution < 1.29 is 5.11 Å². The van der Waals surface area contributed by atoms with Crippen LogP contribution in [0, 0.1) is 11.3 Å². The second-order valence-electron chi connectivity index (χ2n) is 4.27. The van der Waals surface area contributed by atoms with Gasteiger partial charge in [0.15, 0.2) is 0 Å². The molecular formula is C15H12ClNO. The molecule has 0 aliphatic rings. The van der Waals surface area contributed by atoms with Crippen molar-refractivity contribution in [3.8, 4) is 6.07 Å². The van der Waals surface area contributed by atoms with Gasteiger partial charge in [0.05, 0.1) is 11.6 Å². The van der Waals surface area contributed by atoms with Crippen LogP contribution >= 0.6 is 11.6 Å².